The van der Waals surface area contributed by atoms with Crippen LogP contribution in [0.2, 0.25) is 0 Å². The quantitative estimate of drug-likeness (QED) is 0.166. The molecule has 0 bridgehead atoms. The van der Waals surface area contributed by atoms with E-state index in [0.29, 0.717) is 25.2 Å². The summed E-state index contributed by atoms with van der Waals surface area (Å²) in [5.74, 6) is -0.647. The highest BCUT2D eigenvalue weighted by Gasteiger charge is 2.11. The van der Waals surface area contributed by atoms with Gasteiger partial charge >= 0.3 is 11.9 Å². The number of hydrogen-bond donors (Lipinski definition) is 0. The Morgan fingerprint density at radius 3 is 1.65 bits per heavy atom. The lowest BCUT2D eigenvalue weighted by Gasteiger charge is -2.08. The Labute approximate surface area is 160 Å². The van der Waals surface area contributed by atoms with Crippen molar-refractivity contribution in [2.75, 3.05) is 13.2 Å². The van der Waals surface area contributed by atoms with Crippen LogP contribution < -0.4 is 0 Å². The second-order valence-corrected chi connectivity index (χ2v) is 7.00. The van der Waals surface area contributed by atoms with Gasteiger partial charge in [-0.3, -0.25) is 4.79 Å². The molecule has 0 unspecified atom stereocenters. The topological polar surface area (TPSA) is 52.6 Å². The van der Waals surface area contributed by atoms with Crippen LogP contribution >= 0.6 is 0 Å². The van der Waals surface area contributed by atoms with Crippen molar-refractivity contribution in [3.63, 3.8) is 0 Å². The zero-order valence-electron chi connectivity index (χ0n) is 17.2. The lowest BCUT2D eigenvalue weighted by atomic mass is 10.1. The molecule has 0 aromatic carbocycles. The van der Waals surface area contributed by atoms with Gasteiger partial charge in [0.15, 0.2) is 0 Å². The van der Waals surface area contributed by atoms with Gasteiger partial charge in [0, 0.05) is 12.0 Å². The van der Waals surface area contributed by atoms with Gasteiger partial charge in [0.2, 0.25) is 0 Å². The first-order valence-electron chi connectivity index (χ1n) is 10.6. The highest BCUT2D eigenvalue weighted by atomic mass is 16.5. The van der Waals surface area contributed by atoms with Crippen molar-refractivity contribution < 1.29 is 19.1 Å². The second-order valence-electron chi connectivity index (χ2n) is 7.00. The minimum atomic E-state index is -0.387. The molecule has 0 amide bonds. The van der Waals surface area contributed by atoms with Crippen LogP contribution in [0.25, 0.3) is 0 Å². The molecule has 0 aromatic rings. The monoisotopic (exact) mass is 368 g/mol. The summed E-state index contributed by atoms with van der Waals surface area (Å²) in [6.45, 7) is 9.02. The SMILES string of the molecule is C=C(CCC(=O)OCCCCCCCC)C(=O)OCCCCCCCC. The largest absolute Gasteiger partial charge is 0.466 e. The summed E-state index contributed by atoms with van der Waals surface area (Å²) in [7, 11) is 0. The molecule has 0 N–H and O–H groups in total. The molecule has 0 saturated heterocycles. The number of carbonyl (C=O) groups excluding carboxylic acids is 2. The number of rotatable bonds is 18. The molecule has 0 aliphatic heterocycles. The zero-order valence-corrected chi connectivity index (χ0v) is 17.2. The Morgan fingerprint density at radius 1 is 0.654 bits per heavy atom. The first kappa shape index (κ1) is 24.7. The molecule has 0 rings (SSSR count). The van der Waals surface area contributed by atoms with E-state index in [4.69, 9.17) is 9.47 Å². The molecule has 0 spiro atoms. The third-order valence-electron chi connectivity index (χ3n) is 4.41. The number of hydrogen-bond acceptors (Lipinski definition) is 4. The standard InChI is InChI=1S/C22H40O4/c1-4-6-8-10-12-14-18-25-21(23)17-16-20(3)22(24)26-19-15-13-11-9-7-5-2/h3-19H2,1-2H3. The summed E-state index contributed by atoms with van der Waals surface area (Å²) in [6, 6.07) is 0. The van der Waals surface area contributed by atoms with Crippen molar-refractivity contribution in [2.45, 2.75) is 104 Å². The fraction of sp³-hybridized carbons (Fsp3) is 0.818. The van der Waals surface area contributed by atoms with Crippen molar-refractivity contribution in [2.24, 2.45) is 0 Å². The summed E-state index contributed by atoms with van der Waals surface area (Å²) in [4.78, 5) is 23.5. The summed E-state index contributed by atoms with van der Waals surface area (Å²) in [5, 5.41) is 0. The predicted octanol–water partition coefficient (Wildman–Crippen LogP) is 6.13. The van der Waals surface area contributed by atoms with Crippen molar-refractivity contribution in [1.82, 2.24) is 0 Å². The van der Waals surface area contributed by atoms with Crippen molar-refractivity contribution in [1.29, 1.82) is 0 Å². The van der Waals surface area contributed by atoms with Crippen LogP contribution in [-0.4, -0.2) is 25.2 Å². The van der Waals surface area contributed by atoms with Crippen LogP contribution in [0.4, 0.5) is 0 Å². The van der Waals surface area contributed by atoms with Gasteiger partial charge in [-0.15, -0.1) is 0 Å². The number of ether oxygens (including phenoxy) is 2. The first-order valence-corrected chi connectivity index (χ1v) is 10.6. The molecule has 0 aromatic heterocycles. The van der Waals surface area contributed by atoms with Crippen molar-refractivity contribution in [3.8, 4) is 0 Å². The molecule has 0 radical (unpaired) electrons. The molecule has 0 saturated carbocycles. The third-order valence-corrected chi connectivity index (χ3v) is 4.41. The highest BCUT2D eigenvalue weighted by molar-refractivity contribution is 5.88. The minimum Gasteiger partial charge on any atom is -0.466 e. The van der Waals surface area contributed by atoms with Crippen LogP contribution in [0.3, 0.4) is 0 Å². The molecular formula is C22H40O4. The number of carbonyl (C=O) groups is 2. The Morgan fingerprint density at radius 2 is 1.12 bits per heavy atom. The van der Waals surface area contributed by atoms with Gasteiger partial charge in [-0.05, 0) is 19.3 Å². The van der Waals surface area contributed by atoms with E-state index in [9.17, 15) is 9.59 Å². The van der Waals surface area contributed by atoms with Gasteiger partial charge < -0.3 is 9.47 Å². The van der Waals surface area contributed by atoms with Gasteiger partial charge in [0.1, 0.15) is 0 Å². The van der Waals surface area contributed by atoms with E-state index in [1.807, 2.05) is 0 Å². The molecule has 0 fully saturated rings. The average Bonchev–Trinajstić information content (AvgIpc) is 2.64. The van der Waals surface area contributed by atoms with Crippen molar-refractivity contribution in [3.05, 3.63) is 12.2 Å². The van der Waals surface area contributed by atoms with E-state index in [2.05, 4.69) is 20.4 Å². The normalized spacial score (nSPS) is 10.5. The lowest BCUT2D eigenvalue weighted by Crippen LogP contribution is -2.11. The lowest BCUT2D eigenvalue weighted by molar-refractivity contribution is -0.143. The number of esters is 2. The Hall–Kier alpha value is -1.32. The molecule has 0 aliphatic rings. The summed E-state index contributed by atoms with van der Waals surface area (Å²) >= 11 is 0. The number of unbranched alkanes of at least 4 members (excludes halogenated alkanes) is 10. The average molecular weight is 369 g/mol. The second kappa shape index (κ2) is 18.5. The van der Waals surface area contributed by atoms with Gasteiger partial charge in [-0.25, -0.2) is 4.79 Å². The summed E-state index contributed by atoms with van der Waals surface area (Å²) in [6.07, 6.45) is 14.4. The molecule has 0 atom stereocenters. The Kier molecular flexibility index (Phi) is 17.5. The first-order chi connectivity index (χ1) is 12.6. The molecule has 4 nitrogen and oxygen atoms in total. The fourth-order valence-corrected chi connectivity index (χ4v) is 2.64. The maximum Gasteiger partial charge on any atom is 0.333 e. The Bertz CT molecular complexity index is 376. The predicted molar refractivity (Wildman–Crippen MR) is 107 cm³/mol. The summed E-state index contributed by atoms with van der Waals surface area (Å²) in [5.41, 5.74) is 0.354. The van der Waals surface area contributed by atoms with Crippen molar-refractivity contribution >= 4 is 11.9 Å². The van der Waals surface area contributed by atoms with Gasteiger partial charge in [-0.1, -0.05) is 84.6 Å². The highest BCUT2D eigenvalue weighted by Crippen LogP contribution is 2.09. The van der Waals surface area contributed by atoms with Crippen LogP contribution in [0.15, 0.2) is 12.2 Å². The maximum absolute atomic E-state index is 11.8. The molecule has 152 valence electrons. The molecule has 0 aliphatic carbocycles. The van der Waals surface area contributed by atoms with Crippen LogP contribution in [-0.2, 0) is 19.1 Å². The molecule has 4 heteroatoms. The van der Waals surface area contributed by atoms with Crippen LogP contribution in [0.5, 0.6) is 0 Å². The smallest absolute Gasteiger partial charge is 0.333 e. The molecule has 0 heterocycles. The van der Waals surface area contributed by atoms with E-state index in [-0.39, 0.29) is 18.4 Å². The van der Waals surface area contributed by atoms with Crippen LogP contribution in [0.1, 0.15) is 104 Å². The zero-order chi connectivity index (χ0) is 19.5. The van der Waals surface area contributed by atoms with E-state index in [1.54, 1.807) is 0 Å². The molecular weight excluding hydrogens is 328 g/mol. The molecule has 26 heavy (non-hydrogen) atoms. The van der Waals surface area contributed by atoms with Gasteiger partial charge in [0.25, 0.3) is 0 Å². The van der Waals surface area contributed by atoms with Gasteiger partial charge in [-0.2, -0.15) is 0 Å². The van der Waals surface area contributed by atoms with E-state index < -0.39 is 0 Å². The van der Waals surface area contributed by atoms with E-state index in [1.165, 1.54) is 51.4 Å². The third kappa shape index (κ3) is 16.2. The van der Waals surface area contributed by atoms with Crippen LogP contribution in [0, 0.1) is 0 Å². The van der Waals surface area contributed by atoms with E-state index >= 15 is 0 Å². The minimum absolute atomic E-state index is 0.195. The fourth-order valence-electron chi connectivity index (χ4n) is 2.64. The van der Waals surface area contributed by atoms with E-state index in [0.717, 1.165) is 25.7 Å². The summed E-state index contributed by atoms with van der Waals surface area (Å²) < 4.78 is 10.4. The Balaban J connectivity index is 3.54. The maximum atomic E-state index is 11.8. The van der Waals surface area contributed by atoms with Gasteiger partial charge in [0.05, 0.1) is 13.2 Å².